The minimum atomic E-state index is 0.131. The fourth-order valence-corrected chi connectivity index (χ4v) is 2.74. The lowest BCUT2D eigenvalue weighted by molar-refractivity contribution is -0.129. The number of piperazine rings is 1. The number of hydrogen-bond donors (Lipinski definition) is 1. The number of aryl methyl sites for hydroxylation is 1. The van der Waals surface area contributed by atoms with Crippen LogP contribution in [0.3, 0.4) is 0 Å². The fraction of sp³-hybridized carbons (Fsp3) is 0.412. The van der Waals surface area contributed by atoms with Crippen LogP contribution < -0.4 is 10.2 Å². The Hall–Kier alpha value is -2.70. The van der Waals surface area contributed by atoms with Crippen LogP contribution in [0.1, 0.15) is 18.4 Å². The lowest BCUT2D eigenvalue weighted by Crippen LogP contribution is -2.48. The van der Waals surface area contributed by atoms with E-state index in [4.69, 9.17) is 0 Å². The summed E-state index contributed by atoms with van der Waals surface area (Å²) >= 11 is 0. The second-order valence-electron chi connectivity index (χ2n) is 5.83. The Kier molecular flexibility index (Phi) is 4.88. The second-order valence-corrected chi connectivity index (χ2v) is 5.83. The standard InChI is InChI=1S/C17H22N6O/c1-13-20-16(19-12-15-5-3-4-6-18-15)11-17(21-13)23-9-7-22(8-10-23)14(2)24/h3-6,11H,7-10,12H2,1-2H3,(H,19,20,21). The summed E-state index contributed by atoms with van der Waals surface area (Å²) in [6.45, 7) is 7.16. The summed E-state index contributed by atoms with van der Waals surface area (Å²) in [6.07, 6.45) is 1.78. The molecule has 0 radical (unpaired) electrons. The topological polar surface area (TPSA) is 74.2 Å². The molecule has 2 aromatic heterocycles. The van der Waals surface area contributed by atoms with Crippen molar-refractivity contribution in [2.75, 3.05) is 36.4 Å². The van der Waals surface area contributed by atoms with Crippen molar-refractivity contribution in [1.82, 2.24) is 19.9 Å². The Morgan fingerprint density at radius 2 is 2.00 bits per heavy atom. The molecular formula is C17H22N6O. The summed E-state index contributed by atoms with van der Waals surface area (Å²) in [5.74, 6) is 2.54. The minimum absolute atomic E-state index is 0.131. The zero-order chi connectivity index (χ0) is 16.9. The molecule has 3 rings (SSSR count). The van der Waals surface area contributed by atoms with E-state index in [9.17, 15) is 4.79 Å². The van der Waals surface area contributed by atoms with Gasteiger partial charge in [0.05, 0.1) is 12.2 Å². The summed E-state index contributed by atoms with van der Waals surface area (Å²) in [5.41, 5.74) is 0.963. The zero-order valence-corrected chi connectivity index (χ0v) is 14.1. The third-order valence-corrected chi connectivity index (χ3v) is 4.05. The Bertz CT molecular complexity index is 697. The molecule has 7 nitrogen and oxygen atoms in total. The van der Waals surface area contributed by atoms with E-state index in [1.54, 1.807) is 13.1 Å². The Morgan fingerprint density at radius 1 is 1.21 bits per heavy atom. The first-order valence-electron chi connectivity index (χ1n) is 8.12. The molecule has 0 spiro atoms. The molecule has 24 heavy (non-hydrogen) atoms. The summed E-state index contributed by atoms with van der Waals surface area (Å²) < 4.78 is 0. The van der Waals surface area contributed by atoms with Gasteiger partial charge in [-0.1, -0.05) is 6.07 Å². The smallest absolute Gasteiger partial charge is 0.219 e. The van der Waals surface area contributed by atoms with Crippen LogP contribution in [-0.4, -0.2) is 51.9 Å². The highest BCUT2D eigenvalue weighted by Crippen LogP contribution is 2.18. The quantitative estimate of drug-likeness (QED) is 0.917. The van der Waals surface area contributed by atoms with Gasteiger partial charge in [-0.2, -0.15) is 0 Å². The molecule has 0 bridgehead atoms. The molecule has 0 unspecified atom stereocenters. The SMILES string of the molecule is CC(=O)N1CCN(c2cc(NCc3ccccn3)nc(C)n2)CC1. The van der Waals surface area contributed by atoms with E-state index in [0.717, 1.165) is 49.3 Å². The van der Waals surface area contributed by atoms with Crippen LogP contribution in [0.25, 0.3) is 0 Å². The number of carbonyl (C=O) groups is 1. The number of aromatic nitrogens is 3. The van der Waals surface area contributed by atoms with E-state index in [0.29, 0.717) is 6.54 Å². The fourth-order valence-electron chi connectivity index (χ4n) is 2.74. The van der Waals surface area contributed by atoms with Gasteiger partial charge < -0.3 is 15.1 Å². The van der Waals surface area contributed by atoms with Gasteiger partial charge in [-0.3, -0.25) is 9.78 Å². The Labute approximate surface area is 141 Å². The Morgan fingerprint density at radius 3 is 2.67 bits per heavy atom. The van der Waals surface area contributed by atoms with Gasteiger partial charge >= 0.3 is 0 Å². The van der Waals surface area contributed by atoms with Gasteiger partial charge in [0.15, 0.2) is 0 Å². The largest absolute Gasteiger partial charge is 0.364 e. The normalized spacial score (nSPS) is 14.6. The highest BCUT2D eigenvalue weighted by Gasteiger charge is 2.20. The molecule has 3 heterocycles. The van der Waals surface area contributed by atoms with Crippen LogP contribution in [0.15, 0.2) is 30.5 Å². The van der Waals surface area contributed by atoms with Crippen LogP contribution in [0.2, 0.25) is 0 Å². The van der Waals surface area contributed by atoms with Gasteiger partial charge in [-0.15, -0.1) is 0 Å². The highest BCUT2D eigenvalue weighted by molar-refractivity contribution is 5.73. The zero-order valence-electron chi connectivity index (χ0n) is 14.1. The van der Waals surface area contributed by atoms with Crippen molar-refractivity contribution >= 4 is 17.5 Å². The molecule has 1 amide bonds. The molecule has 7 heteroatoms. The number of hydrogen-bond acceptors (Lipinski definition) is 6. The number of carbonyl (C=O) groups excluding carboxylic acids is 1. The molecule has 0 aliphatic carbocycles. The summed E-state index contributed by atoms with van der Waals surface area (Å²) in [7, 11) is 0. The van der Waals surface area contributed by atoms with E-state index in [-0.39, 0.29) is 5.91 Å². The van der Waals surface area contributed by atoms with Crippen LogP contribution >= 0.6 is 0 Å². The summed E-state index contributed by atoms with van der Waals surface area (Å²) in [6, 6.07) is 7.80. The number of anilines is 2. The minimum Gasteiger partial charge on any atom is -0.364 e. The molecule has 2 aromatic rings. The third kappa shape index (κ3) is 3.98. The maximum Gasteiger partial charge on any atom is 0.219 e. The summed E-state index contributed by atoms with van der Waals surface area (Å²) in [4.78, 5) is 28.8. The van der Waals surface area contributed by atoms with Gasteiger partial charge in [0.25, 0.3) is 0 Å². The van der Waals surface area contributed by atoms with Gasteiger partial charge in [0.2, 0.25) is 5.91 Å². The van der Waals surface area contributed by atoms with Gasteiger partial charge in [0.1, 0.15) is 17.5 Å². The number of nitrogens with zero attached hydrogens (tertiary/aromatic N) is 5. The van der Waals surface area contributed by atoms with Crippen molar-refractivity contribution in [3.63, 3.8) is 0 Å². The van der Waals surface area contributed by atoms with Crippen molar-refractivity contribution in [2.24, 2.45) is 0 Å². The van der Waals surface area contributed by atoms with Crippen molar-refractivity contribution in [1.29, 1.82) is 0 Å². The first kappa shape index (κ1) is 16.2. The number of nitrogens with one attached hydrogen (secondary N) is 1. The average molecular weight is 326 g/mol. The van der Waals surface area contributed by atoms with Gasteiger partial charge in [-0.05, 0) is 19.1 Å². The lowest BCUT2D eigenvalue weighted by atomic mass is 10.3. The van der Waals surface area contributed by atoms with Crippen LogP contribution in [0.4, 0.5) is 11.6 Å². The maximum absolute atomic E-state index is 11.4. The Balaban J connectivity index is 1.67. The first-order valence-corrected chi connectivity index (χ1v) is 8.12. The van der Waals surface area contributed by atoms with Crippen LogP contribution in [0, 0.1) is 6.92 Å². The molecule has 1 saturated heterocycles. The number of pyridine rings is 1. The van der Waals surface area contributed by atoms with Crippen LogP contribution in [-0.2, 0) is 11.3 Å². The molecular weight excluding hydrogens is 304 g/mol. The molecule has 1 aliphatic heterocycles. The maximum atomic E-state index is 11.4. The monoisotopic (exact) mass is 326 g/mol. The van der Waals surface area contributed by atoms with Crippen molar-refractivity contribution in [2.45, 2.75) is 20.4 Å². The van der Waals surface area contributed by atoms with Crippen molar-refractivity contribution < 1.29 is 4.79 Å². The number of amides is 1. The van der Waals surface area contributed by atoms with Crippen LogP contribution in [0.5, 0.6) is 0 Å². The predicted octanol–water partition coefficient (Wildman–Crippen LogP) is 1.46. The van der Waals surface area contributed by atoms with Crippen molar-refractivity contribution in [3.8, 4) is 0 Å². The molecule has 0 atom stereocenters. The third-order valence-electron chi connectivity index (χ3n) is 4.05. The molecule has 1 fully saturated rings. The summed E-state index contributed by atoms with van der Waals surface area (Å²) in [5, 5.41) is 3.30. The van der Waals surface area contributed by atoms with E-state index in [1.165, 1.54) is 0 Å². The van der Waals surface area contributed by atoms with E-state index in [1.807, 2.05) is 36.1 Å². The molecule has 0 saturated carbocycles. The van der Waals surface area contributed by atoms with E-state index < -0.39 is 0 Å². The second kappa shape index (κ2) is 7.25. The average Bonchev–Trinajstić information content (AvgIpc) is 2.60. The van der Waals surface area contributed by atoms with E-state index in [2.05, 4.69) is 25.2 Å². The molecule has 0 aromatic carbocycles. The highest BCUT2D eigenvalue weighted by atomic mass is 16.2. The van der Waals surface area contributed by atoms with Gasteiger partial charge in [0, 0.05) is 45.4 Å². The van der Waals surface area contributed by atoms with E-state index >= 15 is 0 Å². The molecule has 1 N–H and O–H groups in total. The number of rotatable bonds is 4. The van der Waals surface area contributed by atoms with Crippen molar-refractivity contribution in [3.05, 3.63) is 42.0 Å². The lowest BCUT2D eigenvalue weighted by Gasteiger charge is -2.35. The molecule has 1 aliphatic rings. The molecule has 126 valence electrons. The first-order chi connectivity index (χ1) is 11.6. The predicted molar refractivity (Wildman–Crippen MR) is 92.8 cm³/mol. The van der Waals surface area contributed by atoms with Gasteiger partial charge in [-0.25, -0.2) is 9.97 Å².